The fraction of sp³-hybridized carbons (Fsp3) is 0.412. The largest absolute Gasteiger partial charge is 0.494 e. The number of hydrogen-bond donors (Lipinski definition) is 2. The van der Waals surface area contributed by atoms with E-state index in [2.05, 4.69) is 20.6 Å². The first-order valence-electron chi connectivity index (χ1n) is 8.18. The molecule has 1 fully saturated rings. The van der Waals surface area contributed by atoms with Gasteiger partial charge in [0.2, 0.25) is 5.95 Å². The summed E-state index contributed by atoms with van der Waals surface area (Å²) in [5.41, 5.74) is -0.813. The Morgan fingerprint density at radius 2 is 1.85 bits per heavy atom. The quantitative estimate of drug-likeness (QED) is 0.745. The Morgan fingerprint density at radius 3 is 2.46 bits per heavy atom. The molecule has 1 saturated carbocycles. The maximum absolute atomic E-state index is 13.8. The second-order valence-corrected chi connectivity index (χ2v) is 6.06. The monoisotopic (exact) mass is 370 g/mol. The molecule has 0 amide bonds. The number of ether oxygens (including phenoxy) is 1. The number of benzene rings is 1. The van der Waals surface area contributed by atoms with Crippen LogP contribution in [0.25, 0.3) is 0 Å². The van der Waals surface area contributed by atoms with E-state index < -0.39 is 17.7 Å². The van der Waals surface area contributed by atoms with Crippen molar-refractivity contribution in [1.82, 2.24) is 9.97 Å². The summed E-state index contributed by atoms with van der Waals surface area (Å²) < 4.78 is 58.0. The van der Waals surface area contributed by atoms with Crippen molar-refractivity contribution < 1.29 is 22.3 Å². The molecule has 2 N–H and O–H groups in total. The molecule has 0 atom stereocenters. The third-order valence-corrected chi connectivity index (χ3v) is 4.13. The normalized spacial score (nSPS) is 15.1. The van der Waals surface area contributed by atoms with E-state index in [-0.39, 0.29) is 29.2 Å². The molecule has 1 aromatic heterocycles. The van der Waals surface area contributed by atoms with Gasteiger partial charge in [0, 0.05) is 23.9 Å². The molecule has 3 rings (SSSR count). The van der Waals surface area contributed by atoms with Gasteiger partial charge in [-0.1, -0.05) is 12.8 Å². The second-order valence-electron chi connectivity index (χ2n) is 6.06. The van der Waals surface area contributed by atoms with Crippen LogP contribution >= 0.6 is 0 Å². The third-order valence-electron chi connectivity index (χ3n) is 4.13. The average molecular weight is 370 g/mol. The predicted octanol–water partition coefficient (Wildman–Crippen LogP) is 4.74. The van der Waals surface area contributed by atoms with E-state index in [1.54, 1.807) is 0 Å². The Balaban J connectivity index is 1.88. The first-order chi connectivity index (χ1) is 12.3. The zero-order chi connectivity index (χ0) is 18.7. The number of nitrogens with zero attached hydrogens (tertiary/aromatic N) is 2. The average Bonchev–Trinajstić information content (AvgIpc) is 3.07. The van der Waals surface area contributed by atoms with Crippen LogP contribution in [0.2, 0.25) is 0 Å². The zero-order valence-corrected chi connectivity index (χ0v) is 14.0. The van der Waals surface area contributed by atoms with Crippen LogP contribution in [0.5, 0.6) is 5.75 Å². The predicted molar refractivity (Wildman–Crippen MR) is 89.1 cm³/mol. The summed E-state index contributed by atoms with van der Waals surface area (Å²) in [4.78, 5) is 7.66. The number of aromatic nitrogens is 2. The Morgan fingerprint density at radius 1 is 1.12 bits per heavy atom. The van der Waals surface area contributed by atoms with Gasteiger partial charge in [0.1, 0.15) is 5.82 Å². The highest BCUT2D eigenvalue weighted by atomic mass is 19.4. The van der Waals surface area contributed by atoms with Crippen LogP contribution in [0.4, 0.5) is 35.0 Å². The molecule has 5 nitrogen and oxygen atoms in total. The van der Waals surface area contributed by atoms with Crippen molar-refractivity contribution in [3.05, 3.63) is 35.8 Å². The molecular formula is C17H18F4N4O. The van der Waals surface area contributed by atoms with E-state index in [1.807, 2.05) is 0 Å². The molecule has 0 aliphatic heterocycles. The molecule has 1 heterocycles. The summed E-state index contributed by atoms with van der Waals surface area (Å²) in [6.45, 7) is 0. The molecule has 0 radical (unpaired) electrons. The van der Waals surface area contributed by atoms with Crippen molar-refractivity contribution in [2.45, 2.75) is 37.9 Å². The smallest absolute Gasteiger partial charge is 0.433 e. The van der Waals surface area contributed by atoms with Crippen molar-refractivity contribution in [2.24, 2.45) is 0 Å². The first-order valence-corrected chi connectivity index (χ1v) is 8.18. The summed E-state index contributed by atoms with van der Waals surface area (Å²) in [6, 6.07) is 4.84. The van der Waals surface area contributed by atoms with Crippen LogP contribution in [0.15, 0.2) is 24.3 Å². The maximum atomic E-state index is 13.8. The summed E-state index contributed by atoms with van der Waals surface area (Å²) in [5.74, 6) is -0.759. The van der Waals surface area contributed by atoms with Gasteiger partial charge in [-0.3, -0.25) is 0 Å². The van der Waals surface area contributed by atoms with Gasteiger partial charge in [0.15, 0.2) is 17.3 Å². The molecule has 0 saturated heterocycles. The molecule has 9 heteroatoms. The number of methoxy groups -OCH3 is 1. The van der Waals surface area contributed by atoms with Crippen LogP contribution in [0.3, 0.4) is 0 Å². The third kappa shape index (κ3) is 4.33. The summed E-state index contributed by atoms with van der Waals surface area (Å²) >= 11 is 0. The number of rotatable bonds is 5. The molecule has 1 aliphatic rings. The lowest BCUT2D eigenvalue weighted by atomic mass is 10.2. The molecule has 1 aromatic carbocycles. The lowest BCUT2D eigenvalue weighted by molar-refractivity contribution is -0.141. The van der Waals surface area contributed by atoms with Crippen LogP contribution < -0.4 is 15.4 Å². The number of alkyl halides is 3. The van der Waals surface area contributed by atoms with E-state index in [4.69, 9.17) is 4.74 Å². The molecule has 0 unspecified atom stereocenters. The van der Waals surface area contributed by atoms with Crippen molar-refractivity contribution in [3.63, 3.8) is 0 Å². The molecular weight excluding hydrogens is 352 g/mol. The molecule has 140 valence electrons. The molecule has 26 heavy (non-hydrogen) atoms. The minimum Gasteiger partial charge on any atom is -0.494 e. The number of nitrogens with one attached hydrogen (secondary N) is 2. The van der Waals surface area contributed by atoms with Gasteiger partial charge in [0.05, 0.1) is 7.11 Å². The van der Waals surface area contributed by atoms with Crippen molar-refractivity contribution in [2.75, 3.05) is 17.7 Å². The van der Waals surface area contributed by atoms with Crippen LogP contribution in [0.1, 0.15) is 31.4 Å². The second kappa shape index (κ2) is 7.35. The number of halogens is 4. The maximum Gasteiger partial charge on any atom is 0.433 e. The SMILES string of the molecule is COc1ccc(Nc2cc(C(F)(F)F)nc(NC3CCCC3)n2)cc1F. The minimum absolute atomic E-state index is 0.0396. The van der Waals surface area contributed by atoms with Crippen LogP contribution in [0, 0.1) is 5.82 Å². The lowest BCUT2D eigenvalue weighted by Crippen LogP contribution is -2.19. The Labute approximate surface area is 147 Å². The van der Waals surface area contributed by atoms with Crippen molar-refractivity contribution >= 4 is 17.5 Å². The Hall–Kier alpha value is -2.58. The fourth-order valence-electron chi connectivity index (χ4n) is 2.87. The van der Waals surface area contributed by atoms with Gasteiger partial charge in [-0.25, -0.2) is 9.37 Å². The number of anilines is 3. The highest BCUT2D eigenvalue weighted by molar-refractivity contribution is 5.59. The highest BCUT2D eigenvalue weighted by Gasteiger charge is 2.34. The summed E-state index contributed by atoms with van der Waals surface area (Å²) in [6.07, 6.45) is -0.839. The van der Waals surface area contributed by atoms with Gasteiger partial charge in [-0.05, 0) is 25.0 Å². The van der Waals surface area contributed by atoms with Crippen molar-refractivity contribution in [1.29, 1.82) is 0 Å². The van der Waals surface area contributed by atoms with E-state index in [9.17, 15) is 17.6 Å². The molecule has 0 spiro atoms. The van der Waals surface area contributed by atoms with Gasteiger partial charge in [-0.15, -0.1) is 0 Å². The van der Waals surface area contributed by atoms with Gasteiger partial charge in [-0.2, -0.15) is 18.2 Å². The summed E-state index contributed by atoms with van der Waals surface area (Å²) in [7, 11) is 1.33. The highest BCUT2D eigenvalue weighted by Crippen LogP contribution is 2.31. The van der Waals surface area contributed by atoms with E-state index in [1.165, 1.54) is 19.2 Å². The molecule has 1 aliphatic carbocycles. The lowest BCUT2D eigenvalue weighted by Gasteiger charge is -2.16. The van der Waals surface area contributed by atoms with Crippen LogP contribution in [-0.2, 0) is 6.18 Å². The van der Waals surface area contributed by atoms with Crippen molar-refractivity contribution in [3.8, 4) is 5.75 Å². The first kappa shape index (κ1) is 18.2. The standard InChI is InChI=1S/C17H18F4N4O/c1-26-13-7-6-11(8-12(13)18)22-15-9-14(17(19,20)21)24-16(25-15)23-10-4-2-3-5-10/h6-10H,2-5H2,1H3,(H2,22,23,24,25). The van der Waals surface area contributed by atoms with E-state index >= 15 is 0 Å². The topological polar surface area (TPSA) is 59.1 Å². The fourth-order valence-corrected chi connectivity index (χ4v) is 2.87. The Kier molecular flexibility index (Phi) is 5.15. The minimum atomic E-state index is -4.61. The van der Waals surface area contributed by atoms with Gasteiger partial charge in [0.25, 0.3) is 0 Å². The van der Waals surface area contributed by atoms with E-state index in [0.29, 0.717) is 0 Å². The Bertz CT molecular complexity index is 776. The number of hydrogen-bond acceptors (Lipinski definition) is 5. The van der Waals surface area contributed by atoms with E-state index in [0.717, 1.165) is 37.8 Å². The van der Waals surface area contributed by atoms with Gasteiger partial charge < -0.3 is 15.4 Å². The molecule has 2 aromatic rings. The van der Waals surface area contributed by atoms with Gasteiger partial charge >= 0.3 is 6.18 Å². The van der Waals surface area contributed by atoms with Crippen LogP contribution in [-0.4, -0.2) is 23.1 Å². The zero-order valence-electron chi connectivity index (χ0n) is 14.0. The summed E-state index contributed by atoms with van der Waals surface area (Å²) in [5, 5.41) is 5.64. The molecule has 0 bridgehead atoms.